The van der Waals surface area contributed by atoms with Crippen molar-refractivity contribution >= 4 is 19.7 Å². The molecule has 0 saturated carbocycles. The van der Waals surface area contributed by atoms with Gasteiger partial charge in [0.1, 0.15) is 0 Å². The van der Waals surface area contributed by atoms with E-state index < -0.39 is 8.87 Å². The van der Waals surface area contributed by atoms with E-state index in [1.807, 2.05) is 6.07 Å². The average molecular weight is 179 g/mol. The Bertz CT molecular complexity index is 214. The van der Waals surface area contributed by atoms with Crippen molar-refractivity contribution in [3.63, 3.8) is 0 Å². The van der Waals surface area contributed by atoms with Crippen LogP contribution >= 0.6 is 10.8 Å². The number of hydrogen-bond acceptors (Lipinski definition) is 4. The van der Waals surface area contributed by atoms with Crippen molar-refractivity contribution in [2.45, 2.75) is 13.3 Å². The maximum atomic E-state index is 10.7. The van der Waals surface area contributed by atoms with Crippen molar-refractivity contribution in [1.82, 2.24) is 0 Å². The third-order valence-corrected chi connectivity index (χ3v) is 4.55. The highest BCUT2D eigenvalue weighted by Crippen LogP contribution is 2.12. The van der Waals surface area contributed by atoms with Crippen molar-refractivity contribution in [1.29, 1.82) is 5.26 Å². The SMILES string of the molecule is CCS(=O)(=O)SCCC#N. The molecule has 5 heteroatoms. The zero-order chi connectivity index (χ0) is 8.04. The van der Waals surface area contributed by atoms with E-state index in [1.54, 1.807) is 6.92 Å². The van der Waals surface area contributed by atoms with Crippen molar-refractivity contribution < 1.29 is 8.42 Å². The van der Waals surface area contributed by atoms with Crippen LogP contribution < -0.4 is 0 Å². The first-order valence-electron chi connectivity index (χ1n) is 2.86. The summed E-state index contributed by atoms with van der Waals surface area (Å²) in [5.74, 6) is 0.524. The van der Waals surface area contributed by atoms with Crippen LogP contribution in [0.25, 0.3) is 0 Å². The highest BCUT2D eigenvalue weighted by molar-refractivity contribution is 8.72. The quantitative estimate of drug-likeness (QED) is 0.477. The number of rotatable bonds is 4. The lowest BCUT2D eigenvalue weighted by Crippen LogP contribution is -1.97. The molecule has 10 heavy (non-hydrogen) atoms. The molecule has 3 nitrogen and oxygen atoms in total. The van der Waals surface area contributed by atoms with Gasteiger partial charge in [0, 0.05) is 12.2 Å². The first-order valence-corrected chi connectivity index (χ1v) is 6.02. The van der Waals surface area contributed by atoms with Crippen LogP contribution in [0.2, 0.25) is 0 Å². The van der Waals surface area contributed by atoms with Crippen LogP contribution in [0.15, 0.2) is 0 Å². The molecule has 0 aromatic rings. The molecule has 0 N–H and O–H groups in total. The number of nitrogens with zero attached hydrogens (tertiary/aromatic N) is 1. The second-order valence-electron chi connectivity index (χ2n) is 1.58. The largest absolute Gasteiger partial charge is 0.217 e. The average Bonchev–Trinajstić information content (AvgIpc) is 1.89. The summed E-state index contributed by atoms with van der Waals surface area (Å²) in [7, 11) is -2.07. The van der Waals surface area contributed by atoms with Crippen molar-refractivity contribution in [3.05, 3.63) is 0 Å². The van der Waals surface area contributed by atoms with Gasteiger partial charge in [0.25, 0.3) is 0 Å². The molecule has 58 valence electrons. The van der Waals surface area contributed by atoms with Crippen LogP contribution in [0.4, 0.5) is 0 Å². The van der Waals surface area contributed by atoms with Crippen LogP contribution in [0, 0.1) is 11.3 Å². The Hall–Kier alpha value is -0.210. The molecule has 0 spiro atoms. The van der Waals surface area contributed by atoms with Gasteiger partial charge in [-0.2, -0.15) is 5.26 Å². The summed E-state index contributed by atoms with van der Waals surface area (Å²) in [4.78, 5) is 0. The summed E-state index contributed by atoms with van der Waals surface area (Å²) in [6.07, 6.45) is 0.296. The molecule has 0 radical (unpaired) electrons. The molecule has 0 rings (SSSR count). The normalized spacial score (nSPS) is 10.8. The molecule has 0 aliphatic carbocycles. The zero-order valence-corrected chi connectivity index (χ0v) is 7.33. The van der Waals surface area contributed by atoms with Gasteiger partial charge < -0.3 is 0 Å². The first-order chi connectivity index (χ1) is 4.62. The molecule has 0 amide bonds. The first kappa shape index (κ1) is 9.79. The molecule has 0 aromatic carbocycles. The van der Waals surface area contributed by atoms with Crippen molar-refractivity contribution in [3.8, 4) is 6.07 Å². The molecule has 0 aliphatic heterocycles. The van der Waals surface area contributed by atoms with Gasteiger partial charge in [-0.3, -0.25) is 0 Å². The molecule has 0 aromatic heterocycles. The standard InChI is InChI=1S/C5H9NO2S2/c1-2-10(7,8)9-5-3-4-6/h2-3,5H2,1H3. The molecular weight excluding hydrogens is 170 g/mol. The topological polar surface area (TPSA) is 57.9 Å². The zero-order valence-electron chi connectivity index (χ0n) is 5.70. The molecule has 0 aliphatic rings. The third-order valence-electron chi connectivity index (χ3n) is 0.830. The van der Waals surface area contributed by atoms with E-state index in [0.29, 0.717) is 12.2 Å². The third kappa shape index (κ3) is 4.65. The summed E-state index contributed by atoms with van der Waals surface area (Å²) in [5.41, 5.74) is 0. The van der Waals surface area contributed by atoms with E-state index in [-0.39, 0.29) is 5.75 Å². The van der Waals surface area contributed by atoms with Crippen LogP contribution in [0.3, 0.4) is 0 Å². The Morgan fingerprint density at radius 1 is 1.60 bits per heavy atom. The molecule has 0 saturated heterocycles. The van der Waals surface area contributed by atoms with Crippen LogP contribution in [-0.4, -0.2) is 19.9 Å². The maximum absolute atomic E-state index is 10.7. The van der Waals surface area contributed by atoms with E-state index >= 15 is 0 Å². The van der Waals surface area contributed by atoms with Gasteiger partial charge >= 0.3 is 0 Å². The second-order valence-corrected chi connectivity index (χ2v) is 6.14. The highest BCUT2D eigenvalue weighted by atomic mass is 33.1. The fourth-order valence-corrected chi connectivity index (χ4v) is 2.40. The van der Waals surface area contributed by atoms with E-state index in [9.17, 15) is 8.42 Å². The van der Waals surface area contributed by atoms with Gasteiger partial charge in [-0.15, -0.1) is 0 Å². The Morgan fingerprint density at radius 2 is 2.20 bits per heavy atom. The van der Waals surface area contributed by atoms with Gasteiger partial charge in [0.05, 0.1) is 11.8 Å². The van der Waals surface area contributed by atoms with Gasteiger partial charge in [-0.25, -0.2) is 8.42 Å². The second kappa shape index (κ2) is 4.58. The van der Waals surface area contributed by atoms with Gasteiger partial charge in [0.15, 0.2) is 0 Å². The minimum absolute atomic E-state index is 0.142. The molecule has 0 unspecified atom stereocenters. The molecule has 0 heterocycles. The van der Waals surface area contributed by atoms with Gasteiger partial charge in [-0.1, -0.05) is 6.92 Å². The molecule has 0 fully saturated rings. The predicted molar refractivity (Wildman–Crippen MR) is 42.1 cm³/mol. The lowest BCUT2D eigenvalue weighted by Gasteiger charge is -1.94. The van der Waals surface area contributed by atoms with E-state index in [0.717, 1.165) is 10.8 Å². The Kier molecular flexibility index (Phi) is 4.49. The monoisotopic (exact) mass is 179 g/mol. The van der Waals surface area contributed by atoms with Crippen molar-refractivity contribution in [2.75, 3.05) is 11.5 Å². The highest BCUT2D eigenvalue weighted by Gasteiger charge is 2.05. The molecular formula is C5H9NO2S2. The summed E-state index contributed by atoms with van der Waals surface area (Å²) < 4.78 is 21.5. The fraction of sp³-hybridized carbons (Fsp3) is 0.800. The minimum Gasteiger partial charge on any atom is -0.217 e. The maximum Gasteiger partial charge on any atom is 0.201 e. The summed E-state index contributed by atoms with van der Waals surface area (Å²) in [5, 5.41) is 8.08. The Labute approximate surface area is 64.7 Å². The van der Waals surface area contributed by atoms with Crippen LogP contribution in [-0.2, 0) is 8.87 Å². The predicted octanol–water partition coefficient (Wildman–Crippen LogP) is 0.983. The van der Waals surface area contributed by atoms with Gasteiger partial charge in [0.2, 0.25) is 8.87 Å². The Morgan fingerprint density at radius 3 is 2.60 bits per heavy atom. The molecule has 0 atom stereocenters. The van der Waals surface area contributed by atoms with Crippen molar-refractivity contribution in [2.24, 2.45) is 0 Å². The molecule has 0 bridgehead atoms. The fourth-order valence-electron chi connectivity index (χ4n) is 0.298. The Balaban J connectivity index is 3.61. The van der Waals surface area contributed by atoms with Crippen LogP contribution in [0.5, 0.6) is 0 Å². The van der Waals surface area contributed by atoms with E-state index in [1.165, 1.54) is 0 Å². The lowest BCUT2D eigenvalue weighted by molar-refractivity contribution is 0.611. The van der Waals surface area contributed by atoms with Gasteiger partial charge in [-0.05, 0) is 10.8 Å². The minimum atomic E-state index is -2.93. The smallest absolute Gasteiger partial charge is 0.201 e. The number of hydrogen-bond donors (Lipinski definition) is 0. The summed E-state index contributed by atoms with van der Waals surface area (Å²) in [6.45, 7) is 1.59. The summed E-state index contributed by atoms with van der Waals surface area (Å²) >= 11 is 0. The van der Waals surface area contributed by atoms with E-state index in [4.69, 9.17) is 5.26 Å². The van der Waals surface area contributed by atoms with Crippen LogP contribution in [0.1, 0.15) is 13.3 Å². The van der Waals surface area contributed by atoms with E-state index in [2.05, 4.69) is 0 Å². The summed E-state index contributed by atoms with van der Waals surface area (Å²) in [6, 6.07) is 1.88. The number of nitriles is 1. The lowest BCUT2D eigenvalue weighted by atomic mass is 10.6.